The van der Waals surface area contributed by atoms with E-state index < -0.39 is 0 Å². The lowest BCUT2D eigenvalue weighted by molar-refractivity contribution is 0.899. The van der Waals surface area contributed by atoms with E-state index in [2.05, 4.69) is 4.98 Å². The number of nitrogens with two attached hydrogens (primary N) is 1. The predicted octanol–water partition coefficient (Wildman–Crippen LogP) is 1.34. The molecular weight excluding hydrogens is 226 g/mol. The Morgan fingerprint density at radius 1 is 1.38 bits per heavy atom. The van der Waals surface area contributed by atoms with Gasteiger partial charge in [-0.15, -0.1) is 0 Å². The van der Waals surface area contributed by atoms with Gasteiger partial charge in [-0.3, -0.25) is 4.79 Å². The second-order valence-electron chi connectivity index (χ2n) is 3.27. The molecule has 0 fully saturated rings. The monoisotopic (exact) mass is 235 g/mol. The molecule has 2 rings (SSSR count). The normalized spacial score (nSPS) is 10.4. The molecule has 1 heterocycles. The lowest BCUT2D eigenvalue weighted by Crippen LogP contribution is -2.18. The van der Waals surface area contributed by atoms with Crippen LogP contribution in [0.15, 0.2) is 41.6 Å². The van der Waals surface area contributed by atoms with Crippen molar-refractivity contribution >= 4 is 11.6 Å². The molecule has 1 aromatic heterocycles. The maximum atomic E-state index is 11.3. The van der Waals surface area contributed by atoms with Crippen LogP contribution < -0.4 is 11.3 Å². The fourth-order valence-corrected chi connectivity index (χ4v) is 1.62. The number of aromatic nitrogens is 2. The highest BCUT2D eigenvalue weighted by molar-refractivity contribution is 6.32. The van der Waals surface area contributed by atoms with Gasteiger partial charge in [0.1, 0.15) is 6.33 Å². The number of rotatable bonds is 2. The van der Waals surface area contributed by atoms with Crippen LogP contribution in [0.5, 0.6) is 0 Å². The summed E-state index contributed by atoms with van der Waals surface area (Å²) in [6.07, 6.45) is 3.08. The Balaban J connectivity index is 2.57. The van der Waals surface area contributed by atoms with Crippen molar-refractivity contribution in [1.82, 2.24) is 9.55 Å². The van der Waals surface area contributed by atoms with Gasteiger partial charge in [-0.05, 0) is 12.1 Å². The first-order chi connectivity index (χ1) is 7.72. The minimum atomic E-state index is -0.300. The fraction of sp³-hybridized carbons (Fsp3) is 0.0909. The van der Waals surface area contributed by atoms with Crippen LogP contribution in [0.25, 0.3) is 5.69 Å². The number of para-hydroxylation sites is 1. The van der Waals surface area contributed by atoms with E-state index in [9.17, 15) is 4.79 Å². The molecule has 0 aliphatic heterocycles. The van der Waals surface area contributed by atoms with E-state index in [1.54, 1.807) is 16.8 Å². The topological polar surface area (TPSA) is 60.9 Å². The van der Waals surface area contributed by atoms with Gasteiger partial charge in [0.05, 0.1) is 10.7 Å². The summed E-state index contributed by atoms with van der Waals surface area (Å²) >= 11 is 6.04. The van der Waals surface area contributed by atoms with Crippen molar-refractivity contribution in [3.05, 3.63) is 57.7 Å². The van der Waals surface area contributed by atoms with Gasteiger partial charge in [-0.25, -0.2) is 0 Å². The minimum absolute atomic E-state index is 0.164. The Morgan fingerprint density at radius 2 is 2.12 bits per heavy atom. The molecule has 2 N–H and O–H groups in total. The number of hydrogen-bond donors (Lipinski definition) is 1. The predicted molar refractivity (Wildman–Crippen MR) is 62.7 cm³/mol. The molecule has 0 spiro atoms. The van der Waals surface area contributed by atoms with Crippen molar-refractivity contribution in [2.75, 3.05) is 0 Å². The van der Waals surface area contributed by atoms with Gasteiger partial charge in [-0.2, -0.15) is 4.98 Å². The van der Waals surface area contributed by atoms with Gasteiger partial charge in [0.25, 0.3) is 5.56 Å². The minimum Gasteiger partial charge on any atom is -0.326 e. The highest BCUT2D eigenvalue weighted by Crippen LogP contribution is 2.18. The average Bonchev–Trinajstić information content (AvgIpc) is 2.31. The maximum absolute atomic E-state index is 11.3. The zero-order valence-electron chi connectivity index (χ0n) is 8.43. The number of benzene rings is 1. The second-order valence-corrected chi connectivity index (χ2v) is 3.67. The van der Waals surface area contributed by atoms with Crippen molar-refractivity contribution < 1.29 is 0 Å². The summed E-state index contributed by atoms with van der Waals surface area (Å²) in [6, 6.07) is 7.32. The number of hydrogen-bond acceptors (Lipinski definition) is 3. The third-order valence-corrected chi connectivity index (χ3v) is 2.54. The Labute approximate surface area is 97.3 Å². The molecule has 0 unspecified atom stereocenters. The lowest BCUT2D eigenvalue weighted by atomic mass is 10.3. The van der Waals surface area contributed by atoms with Crippen LogP contribution in [0.1, 0.15) is 5.56 Å². The van der Waals surface area contributed by atoms with E-state index in [1.807, 2.05) is 18.2 Å². The quantitative estimate of drug-likeness (QED) is 0.855. The van der Waals surface area contributed by atoms with E-state index in [0.29, 0.717) is 10.6 Å². The number of nitrogens with zero attached hydrogens (tertiary/aromatic N) is 2. The Bertz CT molecular complexity index is 565. The zero-order valence-corrected chi connectivity index (χ0v) is 9.19. The average molecular weight is 236 g/mol. The van der Waals surface area contributed by atoms with Crippen molar-refractivity contribution in [1.29, 1.82) is 0 Å². The van der Waals surface area contributed by atoms with E-state index in [4.69, 9.17) is 17.3 Å². The van der Waals surface area contributed by atoms with Gasteiger partial charge in [0.15, 0.2) is 0 Å². The number of halogens is 1. The Morgan fingerprint density at radius 3 is 2.81 bits per heavy atom. The standard InChI is InChI=1S/C11H10ClN3O/c12-9-3-1-2-4-10(9)15-6-8(5-13)11(16)14-7-15/h1-4,6-7H,5,13H2. The van der Waals surface area contributed by atoms with E-state index >= 15 is 0 Å². The van der Waals surface area contributed by atoms with Crippen LogP contribution >= 0.6 is 11.6 Å². The summed E-state index contributed by atoms with van der Waals surface area (Å²) in [7, 11) is 0. The molecule has 0 aliphatic rings. The molecule has 0 amide bonds. The SMILES string of the molecule is NCc1cn(-c2ccccc2Cl)cnc1=O. The van der Waals surface area contributed by atoms with E-state index in [1.165, 1.54) is 6.33 Å². The molecule has 0 atom stereocenters. The van der Waals surface area contributed by atoms with Gasteiger partial charge in [0.2, 0.25) is 0 Å². The van der Waals surface area contributed by atoms with Crippen LogP contribution in [0.2, 0.25) is 5.02 Å². The summed E-state index contributed by atoms with van der Waals surface area (Å²) in [6.45, 7) is 0.164. The summed E-state index contributed by atoms with van der Waals surface area (Å²) in [5.41, 5.74) is 6.38. The first-order valence-electron chi connectivity index (χ1n) is 4.74. The lowest BCUT2D eigenvalue weighted by Gasteiger charge is -2.08. The summed E-state index contributed by atoms with van der Waals surface area (Å²) < 4.78 is 1.69. The highest BCUT2D eigenvalue weighted by Gasteiger charge is 2.03. The first-order valence-corrected chi connectivity index (χ1v) is 5.12. The second kappa shape index (κ2) is 4.47. The Hall–Kier alpha value is -1.65. The van der Waals surface area contributed by atoms with E-state index in [-0.39, 0.29) is 12.1 Å². The zero-order chi connectivity index (χ0) is 11.5. The van der Waals surface area contributed by atoms with Crippen LogP contribution in [0.4, 0.5) is 0 Å². The molecular formula is C11H10ClN3O. The maximum Gasteiger partial charge on any atom is 0.277 e. The molecule has 0 saturated carbocycles. The summed E-state index contributed by atoms with van der Waals surface area (Å²) in [5.74, 6) is 0. The molecule has 4 nitrogen and oxygen atoms in total. The molecule has 0 saturated heterocycles. The molecule has 5 heteroatoms. The molecule has 1 aromatic carbocycles. The van der Waals surface area contributed by atoms with Gasteiger partial charge in [0, 0.05) is 18.3 Å². The van der Waals surface area contributed by atoms with Crippen LogP contribution in [-0.2, 0) is 6.54 Å². The van der Waals surface area contributed by atoms with Gasteiger partial charge < -0.3 is 10.3 Å². The van der Waals surface area contributed by atoms with Crippen molar-refractivity contribution in [3.63, 3.8) is 0 Å². The molecule has 16 heavy (non-hydrogen) atoms. The van der Waals surface area contributed by atoms with Crippen LogP contribution in [0, 0.1) is 0 Å². The third-order valence-electron chi connectivity index (χ3n) is 2.22. The van der Waals surface area contributed by atoms with Crippen molar-refractivity contribution in [3.8, 4) is 5.69 Å². The fourth-order valence-electron chi connectivity index (χ4n) is 1.39. The van der Waals surface area contributed by atoms with Crippen molar-refractivity contribution in [2.24, 2.45) is 5.73 Å². The summed E-state index contributed by atoms with van der Waals surface area (Å²) in [4.78, 5) is 15.0. The van der Waals surface area contributed by atoms with Gasteiger partial charge >= 0.3 is 0 Å². The van der Waals surface area contributed by atoms with Gasteiger partial charge in [-0.1, -0.05) is 23.7 Å². The van der Waals surface area contributed by atoms with Crippen molar-refractivity contribution in [2.45, 2.75) is 6.54 Å². The molecule has 0 aliphatic carbocycles. The largest absolute Gasteiger partial charge is 0.326 e. The molecule has 82 valence electrons. The first kappa shape index (κ1) is 10.9. The highest BCUT2D eigenvalue weighted by atomic mass is 35.5. The molecule has 0 radical (unpaired) electrons. The van der Waals surface area contributed by atoms with E-state index in [0.717, 1.165) is 5.69 Å². The smallest absolute Gasteiger partial charge is 0.277 e. The third kappa shape index (κ3) is 1.98. The molecule has 0 bridgehead atoms. The van der Waals surface area contributed by atoms with Crippen LogP contribution in [0.3, 0.4) is 0 Å². The summed E-state index contributed by atoms with van der Waals surface area (Å²) in [5, 5.41) is 0.593. The molecule has 2 aromatic rings. The Kier molecular flexibility index (Phi) is 3.03. The van der Waals surface area contributed by atoms with Crippen LogP contribution in [-0.4, -0.2) is 9.55 Å².